The third kappa shape index (κ3) is 1.48. The molecule has 0 fully saturated rings. The number of carboxylic acid groups (broad SMARTS) is 1. The van der Waals surface area contributed by atoms with Crippen molar-refractivity contribution < 1.29 is 14.3 Å². The fraction of sp³-hybridized carbons (Fsp3) is 0.300. The van der Waals surface area contributed by atoms with Crippen molar-refractivity contribution in [2.75, 3.05) is 0 Å². The van der Waals surface area contributed by atoms with Crippen molar-refractivity contribution in [3.63, 3.8) is 0 Å². The van der Waals surface area contributed by atoms with E-state index >= 15 is 0 Å². The molecule has 2 heterocycles. The van der Waals surface area contributed by atoms with Gasteiger partial charge in [0.15, 0.2) is 0 Å². The van der Waals surface area contributed by atoms with Gasteiger partial charge in [0.1, 0.15) is 0 Å². The van der Waals surface area contributed by atoms with Gasteiger partial charge in [-0.1, -0.05) is 0 Å². The average molecular weight is 222 g/mol. The number of aromatic amines is 1. The standard InChI is InChI=1S/C10H10N2O4/c1-4-6(3-7(13)14)10(15)16-9-8(4)5(2)11-12-9/h3H2,1-2H3,(H,11,12)(H,13,14). The lowest BCUT2D eigenvalue weighted by Crippen LogP contribution is -2.14. The Bertz CT molecular complexity index is 624. The van der Waals surface area contributed by atoms with E-state index in [4.69, 9.17) is 9.52 Å². The fourth-order valence-corrected chi connectivity index (χ4v) is 1.73. The third-order valence-electron chi connectivity index (χ3n) is 2.51. The van der Waals surface area contributed by atoms with E-state index in [1.807, 2.05) is 0 Å². The number of rotatable bonds is 2. The zero-order valence-electron chi connectivity index (χ0n) is 8.83. The van der Waals surface area contributed by atoms with Crippen LogP contribution in [0.4, 0.5) is 0 Å². The van der Waals surface area contributed by atoms with Crippen LogP contribution in [0, 0.1) is 13.8 Å². The van der Waals surface area contributed by atoms with Crippen LogP contribution in [-0.4, -0.2) is 21.3 Å². The van der Waals surface area contributed by atoms with Crippen LogP contribution in [0.1, 0.15) is 16.8 Å². The van der Waals surface area contributed by atoms with Gasteiger partial charge in [-0.15, -0.1) is 5.10 Å². The van der Waals surface area contributed by atoms with Gasteiger partial charge in [-0.2, -0.15) is 0 Å². The van der Waals surface area contributed by atoms with Crippen LogP contribution in [0.15, 0.2) is 9.21 Å². The molecule has 16 heavy (non-hydrogen) atoms. The molecule has 2 aromatic rings. The Hall–Kier alpha value is -2.11. The summed E-state index contributed by atoms with van der Waals surface area (Å²) in [5.41, 5.74) is 1.11. The van der Waals surface area contributed by atoms with Crippen LogP contribution >= 0.6 is 0 Å². The summed E-state index contributed by atoms with van der Waals surface area (Å²) in [5.74, 6) is -1.06. The molecule has 0 saturated heterocycles. The van der Waals surface area contributed by atoms with Crippen molar-refractivity contribution in [1.82, 2.24) is 10.2 Å². The highest BCUT2D eigenvalue weighted by atomic mass is 16.4. The molecule has 84 valence electrons. The first-order chi connectivity index (χ1) is 7.50. The largest absolute Gasteiger partial charge is 0.481 e. The number of aryl methyl sites for hydroxylation is 2. The smallest absolute Gasteiger partial charge is 0.341 e. The second-order valence-corrected chi connectivity index (χ2v) is 3.59. The minimum Gasteiger partial charge on any atom is -0.481 e. The summed E-state index contributed by atoms with van der Waals surface area (Å²) in [6, 6.07) is 0. The molecule has 6 nitrogen and oxygen atoms in total. The van der Waals surface area contributed by atoms with Crippen molar-refractivity contribution in [1.29, 1.82) is 0 Å². The van der Waals surface area contributed by atoms with E-state index in [0.29, 0.717) is 10.9 Å². The maximum Gasteiger partial charge on any atom is 0.341 e. The van der Waals surface area contributed by atoms with E-state index in [-0.39, 0.29) is 17.7 Å². The second kappa shape index (κ2) is 3.48. The summed E-state index contributed by atoms with van der Waals surface area (Å²) in [6.07, 6.45) is -0.339. The fourth-order valence-electron chi connectivity index (χ4n) is 1.73. The highest BCUT2D eigenvalue weighted by molar-refractivity contribution is 5.82. The van der Waals surface area contributed by atoms with Crippen molar-refractivity contribution in [3.05, 3.63) is 27.2 Å². The van der Waals surface area contributed by atoms with Crippen LogP contribution in [0.2, 0.25) is 0 Å². The first-order valence-corrected chi connectivity index (χ1v) is 4.69. The molecule has 2 N–H and O–H groups in total. The Kier molecular flexibility index (Phi) is 2.26. The molecule has 0 amide bonds. The van der Waals surface area contributed by atoms with Gasteiger partial charge < -0.3 is 9.52 Å². The molecule has 0 radical (unpaired) electrons. The summed E-state index contributed by atoms with van der Waals surface area (Å²) in [5, 5.41) is 15.9. The Morgan fingerprint density at radius 2 is 2.19 bits per heavy atom. The van der Waals surface area contributed by atoms with E-state index in [9.17, 15) is 9.59 Å². The first kappa shape index (κ1) is 10.4. The Labute approximate surface area is 89.9 Å². The number of H-pyrrole nitrogens is 1. The normalized spacial score (nSPS) is 10.9. The van der Waals surface area contributed by atoms with Crippen LogP contribution in [-0.2, 0) is 11.2 Å². The molecular weight excluding hydrogens is 212 g/mol. The predicted octanol–water partition coefficient (Wildman–Crippen LogP) is 0.760. The minimum absolute atomic E-state index is 0.171. The second-order valence-electron chi connectivity index (χ2n) is 3.59. The van der Waals surface area contributed by atoms with Gasteiger partial charge >= 0.3 is 11.6 Å². The Balaban J connectivity index is 2.78. The average Bonchev–Trinajstić information content (AvgIpc) is 2.54. The zero-order valence-corrected chi connectivity index (χ0v) is 8.83. The quantitative estimate of drug-likeness (QED) is 0.781. The maximum absolute atomic E-state index is 11.5. The number of hydrogen-bond donors (Lipinski definition) is 2. The van der Waals surface area contributed by atoms with Crippen LogP contribution in [0.25, 0.3) is 11.1 Å². The van der Waals surface area contributed by atoms with Gasteiger partial charge in [-0.25, -0.2) is 4.79 Å². The van der Waals surface area contributed by atoms with Crippen LogP contribution in [0.3, 0.4) is 0 Å². The Morgan fingerprint density at radius 3 is 2.81 bits per heavy atom. The Morgan fingerprint density at radius 1 is 1.50 bits per heavy atom. The number of fused-ring (bicyclic) bond motifs is 1. The zero-order chi connectivity index (χ0) is 11.9. The van der Waals surface area contributed by atoms with Gasteiger partial charge in [-0.3, -0.25) is 9.89 Å². The number of aliphatic carboxylic acids is 1. The summed E-state index contributed by atoms with van der Waals surface area (Å²) in [7, 11) is 0. The molecule has 0 bridgehead atoms. The van der Waals surface area contributed by atoms with E-state index < -0.39 is 11.6 Å². The topological polar surface area (TPSA) is 96.2 Å². The number of carboxylic acids is 1. The molecule has 6 heteroatoms. The first-order valence-electron chi connectivity index (χ1n) is 4.69. The minimum atomic E-state index is -1.06. The SMILES string of the molecule is Cc1[nH]nc2oc(=O)c(CC(=O)O)c(C)c12. The van der Waals surface area contributed by atoms with Gasteiger partial charge in [0.05, 0.1) is 17.4 Å². The maximum atomic E-state index is 11.5. The lowest BCUT2D eigenvalue weighted by molar-refractivity contribution is -0.136. The molecule has 0 spiro atoms. The summed E-state index contributed by atoms with van der Waals surface area (Å²) in [4.78, 5) is 22.1. The monoisotopic (exact) mass is 222 g/mol. The third-order valence-corrected chi connectivity index (χ3v) is 2.51. The number of aromatic nitrogens is 2. The molecule has 2 aromatic heterocycles. The number of hydrogen-bond acceptors (Lipinski definition) is 4. The van der Waals surface area contributed by atoms with Crippen molar-refractivity contribution in [2.45, 2.75) is 20.3 Å². The highest BCUT2D eigenvalue weighted by Gasteiger charge is 2.17. The van der Waals surface area contributed by atoms with Crippen molar-refractivity contribution >= 4 is 17.1 Å². The molecule has 2 rings (SSSR count). The van der Waals surface area contributed by atoms with Gasteiger partial charge in [-0.05, 0) is 19.4 Å². The predicted molar refractivity (Wildman–Crippen MR) is 55.4 cm³/mol. The van der Waals surface area contributed by atoms with Gasteiger partial charge in [0.2, 0.25) is 5.71 Å². The van der Waals surface area contributed by atoms with Gasteiger partial charge in [0, 0.05) is 5.69 Å². The highest BCUT2D eigenvalue weighted by Crippen LogP contribution is 2.20. The molecule has 0 aromatic carbocycles. The van der Waals surface area contributed by atoms with Crippen molar-refractivity contribution in [2.24, 2.45) is 0 Å². The molecule has 0 aliphatic rings. The van der Waals surface area contributed by atoms with E-state index in [1.54, 1.807) is 13.8 Å². The molecular formula is C10H10N2O4. The molecule has 0 atom stereocenters. The summed E-state index contributed by atoms with van der Waals surface area (Å²) >= 11 is 0. The lowest BCUT2D eigenvalue weighted by atomic mass is 10.1. The van der Waals surface area contributed by atoms with E-state index in [2.05, 4.69) is 10.2 Å². The van der Waals surface area contributed by atoms with E-state index in [0.717, 1.165) is 5.69 Å². The number of nitrogens with one attached hydrogen (secondary N) is 1. The van der Waals surface area contributed by atoms with Crippen LogP contribution in [0.5, 0.6) is 0 Å². The number of nitrogens with zero attached hydrogens (tertiary/aromatic N) is 1. The van der Waals surface area contributed by atoms with E-state index in [1.165, 1.54) is 0 Å². The molecule has 0 aliphatic heterocycles. The molecule has 0 unspecified atom stereocenters. The number of carbonyl (C=O) groups is 1. The van der Waals surface area contributed by atoms with Crippen molar-refractivity contribution in [3.8, 4) is 0 Å². The summed E-state index contributed by atoms with van der Waals surface area (Å²) < 4.78 is 4.93. The lowest BCUT2D eigenvalue weighted by Gasteiger charge is -2.02. The molecule has 0 aliphatic carbocycles. The summed E-state index contributed by atoms with van der Waals surface area (Å²) in [6.45, 7) is 3.48. The molecule has 0 saturated carbocycles. The van der Waals surface area contributed by atoms with Gasteiger partial charge in [0.25, 0.3) is 0 Å². The van der Waals surface area contributed by atoms with Crippen LogP contribution < -0.4 is 5.63 Å².